The smallest absolute Gasteiger partial charge is 0.339 e. The monoisotopic (exact) mass is 767 g/mol. The van der Waals surface area contributed by atoms with Crippen molar-refractivity contribution in [1.29, 1.82) is 0 Å². The third-order valence-electron chi connectivity index (χ3n) is 13.0. The highest BCUT2D eigenvalue weighted by Crippen LogP contribution is 2.60. The van der Waals surface area contributed by atoms with Gasteiger partial charge in [-0.05, 0) is 158 Å². The molecule has 1 aromatic heterocycles. The first-order chi connectivity index (χ1) is 26.1. The molecule has 4 aliphatic rings. The van der Waals surface area contributed by atoms with E-state index in [0.717, 1.165) is 41.9 Å². The number of carbonyl (C=O) groups is 1. The molecule has 2 aromatic rings. The number of rotatable bonds is 8. The number of fused-ring (bicyclic) bond motifs is 2. The van der Waals surface area contributed by atoms with Crippen molar-refractivity contribution in [2.75, 3.05) is 12.4 Å². The van der Waals surface area contributed by atoms with Gasteiger partial charge in [0, 0.05) is 23.1 Å². The van der Waals surface area contributed by atoms with E-state index in [2.05, 4.69) is 95.3 Å². The maximum Gasteiger partial charge on any atom is 0.339 e. The number of esters is 1. The van der Waals surface area contributed by atoms with Crippen LogP contribution in [0.3, 0.4) is 0 Å². The minimum atomic E-state index is -0.618. The van der Waals surface area contributed by atoms with Crippen LogP contribution in [0.4, 0.5) is 0 Å². The lowest BCUT2D eigenvalue weighted by molar-refractivity contribution is 0.0525. The van der Waals surface area contributed by atoms with Gasteiger partial charge in [0.15, 0.2) is 0 Å². The zero-order valence-corrected chi connectivity index (χ0v) is 35.2. The molecule has 0 radical (unpaired) electrons. The number of nitrogens with zero attached hydrogens (tertiary/aromatic N) is 1. The Balaban J connectivity index is 0.000000214. The lowest BCUT2D eigenvalue weighted by atomic mass is 9.60. The summed E-state index contributed by atoms with van der Waals surface area (Å²) in [4.78, 5) is 17.2. The van der Waals surface area contributed by atoms with Crippen molar-refractivity contribution in [2.45, 2.75) is 141 Å². The van der Waals surface area contributed by atoms with Crippen LogP contribution >= 0.6 is 11.8 Å². The molecule has 0 saturated heterocycles. The van der Waals surface area contributed by atoms with Gasteiger partial charge in [-0.2, -0.15) is 0 Å². The van der Waals surface area contributed by atoms with E-state index in [0.29, 0.717) is 53.9 Å². The standard InChI is InChI=1S/C27H44O3.C21H21NO2S/c1-17(2)25(29)13-8-18(3)23-11-12-24-20(7-6-14-27(23,24)5)9-10-21-15-22(28)16-26(30)19(21)4;1-4-24-20(23)16-7-9-17(22-14-16)8-5-15-6-10-19-18(13-15)21(2,3)11-12-25-19/h9-10,17-18,22-26,28-30H,4,6-8,11-16H2,1-3,5H3;6-7,9-10,13-14H,4,11-12H2,1-3H3/b20-9+,21-10-;/t18-,22-,23-,24+,25-,26+,27-;/m1./s1. The van der Waals surface area contributed by atoms with Crippen molar-refractivity contribution in [2.24, 2.45) is 29.1 Å². The van der Waals surface area contributed by atoms with Crippen molar-refractivity contribution >= 4 is 17.7 Å². The van der Waals surface area contributed by atoms with Gasteiger partial charge in [-0.3, -0.25) is 0 Å². The Hall–Kier alpha value is -3.15. The van der Waals surface area contributed by atoms with Gasteiger partial charge in [-0.15, -0.1) is 11.8 Å². The summed E-state index contributed by atoms with van der Waals surface area (Å²) in [6.45, 7) is 19.9. The molecule has 2 heterocycles. The molecular formula is C48H65NO5S. The maximum absolute atomic E-state index is 11.6. The van der Waals surface area contributed by atoms with Crippen molar-refractivity contribution in [3.63, 3.8) is 0 Å². The summed E-state index contributed by atoms with van der Waals surface area (Å²) < 4.78 is 4.95. The first-order valence-corrected chi connectivity index (χ1v) is 21.7. The molecule has 3 fully saturated rings. The topological polar surface area (TPSA) is 99.9 Å². The largest absolute Gasteiger partial charge is 0.462 e. The third-order valence-corrected chi connectivity index (χ3v) is 14.1. The lowest BCUT2D eigenvalue weighted by Crippen LogP contribution is -2.36. The van der Waals surface area contributed by atoms with Crippen molar-refractivity contribution in [1.82, 2.24) is 4.98 Å². The van der Waals surface area contributed by atoms with Gasteiger partial charge < -0.3 is 20.1 Å². The number of hydrogen-bond donors (Lipinski definition) is 3. The zero-order chi connectivity index (χ0) is 39.9. The molecule has 7 atom stereocenters. The third kappa shape index (κ3) is 10.6. The number of pyridine rings is 1. The highest BCUT2D eigenvalue weighted by atomic mass is 32.2. The fourth-order valence-electron chi connectivity index (χ4n) is 9.40. The Kier molecular flexibility index (Phi) is 14.7. The normalized spacial score (nSPS) is 28.3. The predicted molar refractivity (Wildman–Crippen MR) is 225 cm³/mol. The van der Waals surface area contributed by atoms with Crippen LogP contribution in [-0.4, -0.2) is 56.9 Å². The van der Waals surface area contributed by atoms with Gasteiger partial charge in [-0.1, -0.05) is 71.8 Å². The highest BCUT2D eigenvalue weighted by Gasteiger charge is 2.50. The number of thioether (sulfide) groups is 1. The molecular weight excluding hydrogens is 703 g/mol. The summed E-state index contributed by atoms with van der Waals surface area (Å²) in [5.41, 5.74) is 7.33. The van der Waals surface area contributed by atoms with Gasteiger partial charge >= 0.3 is 5.97 Å². The number of ether oxygens (including phenoxy) is 1. The van der Waals surface area contributed by atoms with Gasteiger partial charge in [0.05, 0.1) is 30.5 Å². The van der Waals surface area contributed by atoms with Crippen LogP contribution in [0, 0.1) is 40.9 Å². The Bertz CT molecular complexity index is 1780. The summed E-state index contributed by atoms with van der Waals surface area (Å²) >= 11 is 1.92. The number of aliphatic hydroxyl groups excluding tert-OH is 3. The Morgan fingerprint density at radius 1 is 1.07 bits per heavy atom. The molecule has 55 heavy (non-hydrogen) atoms. The lowest BCUT2D eigenvalue weighted by Gasteiger charge is -2.44. The van der Waals surface area contributed by atoms with Gasteiger partial charge in [-0.25, -0.2) is 9.78 Å². The zero-order valence-electron chi connectivity index (χ0n) is 34.4. The van der Waals surface area contributed by atoms with Crippen LogP contribution in [0.25, 0.3) is 0 Å². The van der Waals surface area contributed by atoms with E-state index in [-0.39, 0.29) is 17.5 Å². The first kappa shape index (κ1) is 43.0. The number of benzene rings is 1. The minimum Gasteiger partial charge on any atom is -0.462 e. The molecule has 0 unspecified atom stereocenters. The second-order valence-corrected chi connectivity index (χ2v) is 18.8. The van der Waals surface area contributed by atoms with Crippen LogP contribution in [0.15, 0.2) is 76.9 Å². The molecule has 298 valence electrons. The Morgan fingerprint density at radius 3 is 2.56 bits per heavy atom. The molecule has 3 aliphatic carbocycles. The van der Waals surface area contributed by atoms with Gasteiger partial charge in [0.25, 0.3) is 0 Å². The number of aromatic nitrogens is 1. The van der Waals surface area contributed by atoms with Crippen molar-refractivity contribution in [3.8, 4) is 11.8 Å². The van der Waals surface area contributed by atoms with E-state index < -0.39 is 12.2 Å². The summed E-state index contributed by atoms with van der Waals surface area (Å²) in [6, 6.07) is 9.87. The Labute approximate surface area is 335 Å². The average Bonchev–Trinajstić information content (AvgIpc) is 3.51. The number of hydrogen-bond acceptors (Lipinski definition) is 7. The summed E-state index contributed by atoms with van der Waals surface area (Å²) in [7, 11) is 0. The fourth-order valence-corrected chi connectivity index (χ4v) is 10.9. The number of aliphatic hydroxyl groups is 3. The van der Waals surface area contributed by atoms with Crippen LogP contribution in [0.1, 0.15) is 140 Å². The van der Waals surface area contributed by atoms with E-state index in [1.807, 2.05) is 11.8 Å². The second kappa shape index (κ2) is 18.9. The number of carbonyl (C=O) groups excluding carboxylic acids is 1. The average molecular weight is 768 g/mol. The second-order valence-electron chi connectivity index (χ2n) is 17.6. The SMILES string of the molecule is C=C1/C(=C\C=C2/CCC[C@]3(C)[C@@H]([C@H](C)CC[C@@H](O)C(C)C)CC[C@@H]23)C[C@@H](O)C[C@@H]1O.CCOC(=O)c1ccc(C#Cc2ccc3c(c2)C(C)(C)CCS3)nc1. The predicted octanol–water partition coefficient (Wildman–Crippen LogP) is 9.99. The molecule has 1 aromatic carbocycles. The van der Waals surface area contributed by atoms with Crippen LogP contribution in [0.2, 0.25) is 0 Å². The minimum absolute atomic E-state index is 0.180. The molecule has 0 bridgehead atoms. The van der Waals surface area contributed by atoms with E-state index >= 15 is 0 Å². The fraction of sp³-hybridized carbons (Fsp3) is 0.583. The molecule has 3 N–H and O–H groups in total. The number of allylic oxidation sites excluding steroid dienone is 3. The van der Waals surface area contributed by atoms with Crippen molar-refractivity contribution < 1.29 is 24.9 Å². The van der Waals surface area contributed by atoms with Crippen LogP contribution in [0.5, 0.6) is 0 Å². The van der Waals surface area contributed by atoms with Crippen LogP contribution in [-0.2, 0) is 10.2 Å². The molecule has 6 rings (SSSR count). The molecule has 0 spiro atoms. The van der Waals surface area contributed by atoms with E-state index in [4.69, 9.17) is 4.74 Å². The van der Waals surface area contributed by atoms with E-state index in [9.17, 15) is 20.1 Å². The molecule has 1 aliphatic heterocycles. The summed E-state index contributed by atoms with van der Waals surface area (Å²) in [6.07, 6.45) is 15.1. The molecule has 0 amide bonds. The van der Waals surface area contributed by atoms with Crippen LogP contribution < -0.4 is 0 Å². The molecule has 6 nitrogen and oxygen atoms in total. The molecule has 3 saturated carbocycles. The summed E-state index contributed by atoms with van der Waals surface area (Å²) in [5.74, 6) is 9.42. The van der Waals surface area contributed by atoms with Gasteiger partial charge in [0.2, 0.25) is 0 Å². The summed E-state index contributed by atoms with van der Waals surface area (Å²) in [5, 5.41) is 30.4. The molecule has 7 heteroatoms. The van der Waals surface area contributed by atoms with Crippen molar-refractivity contribution in [3.05, 3.63) is 94.4 Å². The maximum atomic E-state index is 11.6. The quantitative estimate of drug-likeness (QED) is 0.182. The Morgan fingerprint density at radius 2 is 1.85 bits per heavy atom. The highest BCUT2D eigenvalue weighted by molar-refractivity contribution is 7.99. The van der Waals surface area contributed by atoms with E-state index in [1.165, 1.54) is 54.5 Å². The van der Waals surface area contributed by atoms with E-state index in [1.54, 1.807) is 24.6 Å². The van der Waals surface area contributed by atoms with Gasteiger partial charge in [0.1, 0.15) is 5.69 Å². The first-order valence-electron chi connectivity index (χ1n) is 20.7.